The molecule has 1 saturated heterocycles. The number of rotatable bonds is 6. The summed E-state index contributed by atoms with van der Waals surface area (Å²) in [5.41, 5.74) is 5.82. The normalized spacial score (nSPS) is 17.6. The number of nitrogens with one attached hydrogen (secondary N) is 1. The Bertz CT molecular complexity index is 268. The van der Waals surface area contributed by atoms with Crippen LogP contribution >= 0.6 is 24.0 Å². The molecule has 0 unspecified atom stereocenters. The van der Waals surface area contributed by atoms with E-state index in [-0.39, 0.29) is 29.5 Å². The largest absolute Gasteiger partial charge is 0.370 e. The Morgan fingerprint density at radius 3 is 2.35 bits per heavy atom. The van der Waals surface area contributed by atoms with Gasteiger partial charge in [-0.3, -0.25) is 4.99 Å². The summed E-state index contributed by atoms with van der Waals surface area (Å²) in [5.74, 6) is 0.573. The molecule has 0 atom stereocenters. The Labute approximate surface area is 142 Å². The molecule has 4 nitrogen and oxygen atoms in total. The molecule has 0 bridgehead atoms. The van der Waals surface area contributed by atoms with E-state index in [1.807, 2.05) is 0 Å². The summed E-state index contributed by atoms with van der Waals surface area (Å²) in [6.45, 7) is 11.0. The maximum atomic E-state index is 5.82. The van der Waals surface area contributed by atoms with E-state index < -0.39 is 0 Å². The lowest BCUT2D eigenvalue weighted by atomic mass is 10.1. The highest BCUT2D eigenvalue weighted by molar-refractivity contribution is 14.0. The maximum absolute atomic E-state index is 5.82. The van der Waals surface area contributed by atoms with Crippen LogP contribution < -0.4 is 11.1 Å². The quantitative estimate of drug-likeness (QED) is 0.314. The van der Waals surface area contributed by atoms with E-state index in [9.17, 15) is 0 Å². The number of piperidine rings is 1. The minimum atomic E-state index is 0. The van der Waals surface area contributed by atoms with Crippen molar-refractivity contribution in [2.45, 2.75) is 64.8 Å². The van der Waals surface area contributed by atoms with Crippen LogP contribution in [-0.2, 0) is 0 Å². The molecular weight excluding hydrogens is 363 g/mol. The number of nitrogens with zero attached hydrogens (tertiary/aromatic N) is 2. The molecule has 0 aromatic carbocycles. The van der Waals surface area contributed by atoms with Crippen molar-refractivity contribution >= 4 is 29.9 Å². The highest BCUT2D eigenvalue weighted by atomic mass is 127. The molecule has 3 N–H and O–H groups in total. The molecule has 1 heterocycles. The molecule has 0 amide bonds. The second-order valence-electron chi connectivity index (χ2n) is 6.60. The van der Waals surface area contributed by atoms with Gasteiger partial charge >= 0.3 is 0 Å². The van der Waals surface area contributed by atoms with Crippen molar-refractivity contribution in [2.75, 3.05) is 26.2 Å². The van der Waals surface area contributed by atoms with E-state index in [1.165, 1.54) is 51.7 Å². The van der Waals surface area contributed by atoms with Crippen LogP contribution in [0.2, 0.25) is 0 Å². The van der Waals surface area contributed by atoms with Gasteiger partial charge in [0.15, 0.2) is 5.96 Å². The first-order chi connectivity index (χ1) is 8.97. The molecule has 0 saturated carbocycles. The fraction of sp³-hybridized carbons (Fsp3) is 0.933. The standard InChI is InChI=1S/C15H32N4.HI/c1-15(2,3)18-14(16)17-10-6-4-7-11-19-12-8-5-9-13-19;/h4-13H2,1-3H3,(H3,16,17,18);1H. The van der Waals surface area contributed by atoms with Crippen molar-refractivity contribution in [3.8, 4) is 0 Å². The van der Waals surface area contributed by atoms with E-state index in [0.717, 1.165) is 13.0 Å². The summed E-state index contributed by atoms with van der Waals surface area (Å²) in [6.07, 6.45) is 7.88. The zero-order valence-corrected chi connectivity index (χ0v) is 15.8. The van der Waals surface area contributed by atoms with Gasteiger partial charge in [-0.05, 0) is 66.1 Å². The van der Waals surface area contributed by atoms with Crippen molar-refractivity contribution in [3.05, 3.63) is 0 Å². The number of hydrogen-bond acceptors (Lipinski definition) is 2. The van der Waals surface area contributed by atoms with Gasteiger partial charge in [-0.2, -0.15) is 0 Å². The molecule has 1 aliphatic heterocycles. The van der Waals surface area contributed by atoms with Crippen molar-refractivity contribution in [1.29, 1.82) is 0 Å². The maximum Gasteiger partial charge on any atom is 0.188 e. The smallest absolute Gasteiger partial charge is 0.188 e. The Kier molecular flexibility index (Phi) is 10.6. The van der Waals surface area contributed by atoms with Crippen LogP contribution in [0.25, 0.3) is 0 Å². The van der Waals surface area contributed by atoms with Crippen molar-refractivity contribution in [3.63, 3.8) is 0 Å². The van der Waals surface area contributed by atoms with Crippen molar-refractivity contribution in [1.82, 2.24) is 10.2 Å². The lowest BCUT2D eigenvalue weighted by Gasteiger charge is -2.26. The molecule has 5 heteroatoms. The third-order valence-electron chi connectivity index (χ3n) is 3.37. The second kappa shape index (κ2) is 10.7. The zero-order valence-electron chi connectivity index (χ0n) is 13.5. The van der Waals surface area contributed by atoms with E-state index in [2.05, 4.69) is 36.0 Å². The lowest BCUT2D eigenvalue weighted by Crippen LogP contribution is -2.45. The number of guanidine groups is 1. The Hall–Kier alpha value is -0.0400. The van der Waals surface area contributed by atoms with Crippen molar-refractivity contribution < 1.29 is 0 Å². The fourth-order valence-electron chi connectivity index (χ4n) is 2.43. The summed E-state index contributed by atoms with van der Waals surface area (Å²) in [7, 11) is 0. The number of halogens is 1. The molecule has 1 rings (SSSR count). The predicted octanol–water partition coefficient (Wildman–Crippen LogP) is 2.96. The van der Waals surface area contributed by atoms with E-state index in [1.54, 1.807) is 0 Å². The first-order valence-corrected chi connectivity index (χ1v) is 7.78. The SMILES string of the molecule is CC(C)(C)NC(N)=NCCCCCN1CCCCC1.I. The Morgan fingerprint density at radius 2 is 1.75 bits per heavy atom. The van der Waals surface area contributed by atoms with Gasteiger partial charge in [0, 0.05) is 12.1 Å². The molecule has 0 aliphatic carbocycles. The van der Waals surface area contributed by atoms with Gasteiger partial charge in [0.05, 0.1) is 0 Å². The molecule has 0 spiro atoms. The average molecular weight is 396 g/mol. The van der Waals surface area contributed by atoms with Crippen LogP contribution in [-0.4, -0.2) is 42.6 Å². The number of hydrogen-bond donors (Lipinski definition) is 2. The van der Waals surface area contributed by atoms with Gasteiger partial charge in [0.25, 0.3) is 0 Å². The zero-order chi connectivity index (χ0) is 14.1. The molecule has 0 aromatic heterocycles. The monoisotopic (exact) mass is 396 g/mol. The summed E-state index contributed by atoms with van der Waals surface area (Å²) in [5, 5.41) is 3.18. The predicted molar refractivity (Wildman–Crippen MR) is 98.9 cm³/mol. The van der Waals surface area contributed by atoms with Crippen molar-refractivity contribution in [2.24, 2.45) is 10.7 Å². The van der Waals surface area contributed by atoms with Crippen LogP contribution in [0.5, 0.6) is 0 Å². The summed E-state index contributed by atoms with van der Waals surface area (Å²) in [4.78, 5) is 6.96. The topological polar surface area (TPSA) is 53.6 Å². The first kappa shape index (κ1) is 20.0. The Balaban J connectivity index is 0.00000361. The van der Waals surface area contributed by atoms with Crippen LogP contribution in [0.3, 0.4) is 0 Å². The van der Waals surface area contributed by atoms with Gasteiger partial charge in [-0.25, -0.2) is 0 Å². The van der Waals surface area contributed by atoms with Crippen LogP contribution in [0, 0.1) is 0 Å². The molecular formula is C15H33IN4. The van der Waals surface area contributed by atoms with Gasteiger partial charge in [-0.1, -0.05) is 12.8 Å². The molecule has 0 radical (unpaired) electrons. The number of nitrogens with two attached hydrogens (primary N) is 1. The average Bonchev–Trinajstić information content (AvgIpc) is 2.32. The summed E-state index contributed by atoms with van der Waals surface area (Å²) in [6, 6.07) is 0. The molecule has 120 valence electrons. The van der Waals surface area contributed by atoms with Gasteiger partial charge in [-0.15, -0.1) is 24.0 Å². The van der Waals surface area contributed by atoms with E-state index in [0.29, 0.717) is 5.96 Å². The van der Waals surface area contributed by atoms with Gasteiger partial charge < -0.3 is 16.0 Å². The van der Waals surface area contributed by atoms with Crippen LogP contribution in [0.1, 0.15) is 59.3 Å². The minimum Gasteiger partial charge on any atom is -0.370 e. The lowest BCUT2D eigenvalue weighted by molar-refractivity contribution is 0.224. The van der Waals surface area contributed by atoms with Crippen LogP contribution in [0.15, 0.2) is 4.99 Å². The van der Waals surface area contributed by atoms with Crippen LogP contribution in [0.4, 0.5) is 0 Å². The number of unbranched alkanes of at least 4 members (excludes halogenated alkanes) is 2. The summed E-state index contributed by atoms with van der Waals surface area (Å²) >= 11 is 0. The van der Waals surface area contributed by atoms with E-state index in [4.69, 9.17) is 5.73 Å². The second-order valence-corrected chi connectivity index (χ2v) is 6.60. The number of likely N-dealkylation sites (tertiary alicyclic amines) is 1. The molecule has 20 heavy (non-hydrogen) atoms. The molecule has 0 aromatic rings. The number of aliphatic imine (C=N–C) groups is 1. The highest BCUT2D eigenvalue weighted by Crippen LogP contribution is 2.09. The first-order valence-electron chi connectivity index (χ1n) is 7.78. The molecule has 1 aliphatic rings. The molecule has 1 fully saturated rings. The van der Waals surface area contributed by atoms with Gasteiger partial charge in [0.1, 0.15) is 0 Å². The van der Waals surface area contributed by atoms with E-state index >= 15 is 0 Å². The third-order valence-corrected chi connectivity index (χ3v) is 3.37. The third kappa shape index (κ3) is 10.7. The van der Waals surface area contributed by atoms with Gasteiger partial charge in [0.2, 0.25) is 0 Å². The summed E-state index contributed by atoms with van der Waals surface area (Å²) < 4.78 is 0. The fourth-order valence-corrected chi connectivity index (χ4v) is 2.43. The Morgan fingerprint density at radius 1 is 1.10 bits per heavy atom. The minimum absolute atomic E-state index is 0. The highest BCUT2D eigenvalue weighted by Gasteiger charge is 2.10.